The van der Waals surface area contributed by atoms with Crippen molar-refractivity contribution < 1.29 is 9.13 Å². The second-order valence-corrected chi connectivity index (χ2v) is 5.89. The highest BCUT2D eigenvalue weighted by atomic mass is 35.5. The summed E-state index contributed by atoms with van der Waals surface area (Å²) in [6.07, 6.45) is 1.11. The highest BCUT2D eigenvalue weighted by Gasteiger charge is 2.08. The van der Waals surface area contributed by atoms with Gasteiger partial charge in [0.1, 0.15) is 18.2 Å². The van der Waals surface area contributed by atoms with Crippen molar-refractivity contribution in [2.75, 3.05) is 19.7 Å². The molecule has 1 aromatic rings. The van der Waals surface area contributed by atoms with E-state index in [0.717, 1.165) is 19.5 Å². The molecule has 0 atom stereocenters. The number of benzene rings is 1. The van der Waals surface area contributed by atoms with Gasteiger partial charge in [0.05, 0.1) is 5.02 Å². The van der Waals surface area contributed by atoms with Gasteiger partial charge in [-0.2, -0.15) is 0 Å². The van der Waals surface area contributed by atoms with Crippen molar-refractivity contribution in [1.29, 1.82) is 0 Å². The minimum Gasteiger partial charge on any atom is -0.492 e. The molecule has 1 rings (SSSR count). The minimum absolute atomic E-state index is 0.116. The molecular formula is C14H21ClFNO. The largest absolute Gasteiger partial charge is 0.492 e. The first-order valence-corrected chi connectivity index (χ1v) is 6.55. The van der Waals surface area contributed by atoms with Gasteiger partial charge in [-0.3, -0.25) is 0 Å². The van der Waals surface area contributed by atoms with Gasteiger partial charge in [0.25, 0.3) is 0 Å². The second kappa shape index (κ2) is 6.95. The van der Waals surface area contributed by atoms with E-state index in [0.29, 0.717) is 17.8 Å². The summed E-state index contributed by atoms with van der Waals surface area (Å²) in [5.41, 5.74) is 0.340. The summed E-state index contributed by atoms with van der Waals surface area (Å²) in [4.78, 5) is 0. The van der Waals surface area contributed by atoms with Crippen LogP contribution in [0.4, 0.5) is 4.39 Å². The molecule has 2 nitrogen and oxygen atoms in total. The maximum Gasteiger partial charge on any atom is 0.145 e. The normalized spacial score (nSPS) is 11.6. The van der Waals surface area contributed by atoms with Crippen LogP contribution in [0.1, 0.15) is 27.2 Å². The lowest BCUT2D eigenvalue weighted by Crippen LogP contribution is -2.25. The van der Waals surface area contributed by atoms with Crippen molar-refractivity contribution in [2.45, 2.75) is 27.2 Å². The highest BCUT2D eigenvalue weighted by Crippen LogP contribution is 2.20. The van der Waals surface area contributed by atoms with Crippen molar-refractivity contribution in [3.63, 3.8) is 0 Å². The van der Waals surface area contributed by atoms with Crippen LogP contribution < -0.4 is 10.1 Å². The Labute approximate surface area is 113 Å². The van der Waals surface area contributed by atoms with Gasteiger partial charge in [-0.05, 0) is 30.5 Å². The third-order valence-corrected chi connectivity index (χ3v) is 2.80. The fourth-order valence-corrected chi connectivity index (χ4v) is 1.51. The van der Waals surface area contributed by atoms with Crippen LogP contribution in [-0.4, -0.2) is 19.7 Å². The molecule has 0 unspecified atom stereocenters. The number of nitrogens with one attached hydrogen (secondary N) is 1. The summed E-state index contributed by atoms with van der Waals surface area (Å²) in [5.74, 6) is 0.0596. The van der Waals surface area contributed by atoms with Crippen LogP contribution in [0.15, 0.2) is 18.2 Å². The Hall–Kier alpha value is -0.800. The molecule has 0 heterocycles. The molecular weight excluding hydrogens is 253 g/mol. The van der Waals surface area contributed by atoms with E-state index in [1.807, 2.05) is 0 Å². The first-order chi connectivity index (χ1) is 8.38. The Morgan fingerprint density at radius 2 is 2.00 bits per heavy atom. The summed E-state index contributed by atoms with van der Waals surface area (Å²) in [5, 5.41) is 3.41. The van der Waals surface area contributed by atoms with Gasteiger partial charge >= 0.3 is 0 Å². The molecule has 4 heteroatoms. The topological polar surface area (TPSA) is 21.3 Å². The number of hydrogen-bond donors (Lipinski definition) is 1. The monoisotopic (exact) mass is 273 g/mol. The maximum atomic E-state index is 13.1. The maximum absolute atomic E-state index is 13.1. The van der Waals surface area contributed by atoms with E-state index in [1.165, 1.54) is 12.1 Å². The zero-order valence-electron chi connectivity index (χ0n) is 11.2. The van der Waals surface area contributed by atoms with E-state index >= 15 is 0 Å². The van der Waals surface area contributed by atoms with E-state index in [9.17, 15) is 4.39 Å². The Morgan fingerprint density at radius 1 is 1.28 bits per heavy atom. The molecule has 18 heavy (non-hydrogen) atoms. The number of hydrogen-bond acceptors (Lipinski definition) is 2. The Bertz CT molecular complexity index is 377. The summed E-state index contributed by atoms with van der Waals surface area (Å²) < 4.78 is 18.5. The van der Waals surface area contributed by atoms with Crippen molar-refractivity contribution >= 4 is 11.6 Å². The van der Waals surface area contributed by atoms with Crippen molar-refractivity contribution in [2.24, 2.45) is 5.41 Å². The standard InChI is InChI=1S/C14H21ClFNO/c1-14(2,3)6-7-17-8-9-18-11-4-5-12(15)13(16)10-11/h4-5,10,17H,6-9H2,1-3H3. The predicted molar refractivity (Wildman–Crippen MR) is 73.8 cm³/mol. The molecule has 1 aromatic carbocycles. The second-order valence-electron chi connectivity index (χ2n) is 5.49. The molecule has 0 aliphatic heterocycles. The number of ether oxygens (including phenoxy) is 1. The molecule has 0 aromatic heterocycles. The molecule has 0 bridgehead atoms. The molecule has 0 saturated heterocycles. The van der Waals surface area contributed by atoms with Crippen LogP contribution in [-0.2, 0) is 0 Å². The molecule has 0 amide bonds. The predicted octanol–water partition coefficient (Wildman–Crippen LogP) is 3.88. The smallest absolute Gasteiger partial charge is 0.145 e. The van der Waals surface area contributed by atoms with E-state index < -0.39 is 5.82 Å². The van der Waals surface area contributed by atoms with Crippen LogP contribution in [0.2, 0.25) is 5.02 Å². The first kappa shape index (κ1) is 15.3. The van der Waals surface area contributed by atoms with Crippen LogP contribution in [0, 0.1) is 11.2 Å². The van der Waals surface area contributed by atoms with Gasteiger partial charge in [0, 0.05) is 12.6 Å². The quantitative estimate of drug-likeness (QED) is 0.794. The van der Waals surface area contributed by atoms with Gasteiger partial charge in [0.15, 0.2) is 0 Å². The summed E-state index contributed by atoms with van der Waals surface area (Å²) >= 11 is 5.58. The van der Waals surface area contributed by atoms with Gasteiger partial charge in [-0.15, -0.1) is 0 Å². The fraction of sp³-hybridized carbons (Fsp3) is 0.571. The third kappa shape index (κ3) is 6.22. The summed E-state index contributed by atoms with van der Waals surface area (Å²) in [6.45, 7) is 8.86. The lowest BCUT2D eigenvalue weighted by atomic mass is 9.92. The Kier molecular flexibility index (Phi) is 5.89. The zero-order valence-corrected chi connectivity index (χ0v) is 12.0. The Balaban J connectivity index is 2.16. The molecule has 0 radical (unpaired) electrons. The number of halogens is 2. The van der Waals surface area contributed by atoms with E-state index in [4.69, 9.17) is 16.3 Å². The molecule has 102 valence electrons. The highest BCUT2D eigenvalue weighted by molar-refractivity contribution is 6.30. The zero-order chi connectivity index (χ0) is 13.6. The number of rotatable bonds is 6. The molecule has 0 fully saturated rings. The average molecular weight is 274 g/mol. The van der Waals surface area contributed by atoms with Gasteiger partial charge < -0.3 is 10.1 Å². The Morgan fingerprint density at radius 3 is 2.61 bits per heavy atom. The molecule has 1 N–H and O–H groups in total. The van der Waals surface area contributed by atoms with Gasteiger partial charge in [-0.1, -0.05) is 32.4 Å². The van der Waals surface area contributed by atoms with E-state index in [1.54, 1.807) is 6.07 Å². The SMILES string of the molecule is CC(C)(C)CCNCCOc1ccc(Cl)c(F)c1. The average Bonchev–Trinajstić information content (AvgIpc) is 2.26. The fourth-order valence-electron chi connectivity index (χ4n) is 1.40. The van der Waals surface area contributed by atoms with Crippen molar-refractivity contribution in [1.82, 2.24) is 5.32 Å². The third-order valence-electron chi connectivity index (χ3n) is 2.49. The van der Waals surface area contributed by atoms with Gasteiger partial charge in [0.2, 0.25) is 0 Å². The lowest BCUT2D eigenvalue weighted by molar-refractivity contribution is 0.303. The molecule has 0 aliphatic rings. The summed E-state index contributed by atoms with van der Waals surface area (Å²) in [6, 6.07) is 4.47. The molecule has 0 aliphatic carbocycles. The lowest BCUT2D eigenvalue weighted by Gasteiger charge is -2.18. The van der Waals surface area contributed by atoms with E-state index in [-0.39, 0.29) is 5.02 Å². The first-order valence-electron chi connectivity index (χ1n) is 6.17. The van der Waals surface area contributed by atoms with Crippen molar-refractivity contribution in [3.05, 3.63) is 29.0 Å². The van der Waals surface area contributed by atoms with Crippen LogP contribution >= 0.6 is 11.6 Å². The van der Waals surface area contributed by atoms with Crippen molar-refractivity contribution in [3.8, 4) is 5.75 Å². The molecule has 0 spiro atoms. The van der Waals surface area contributed by atoms with Crippen LogP contribution in [0.5, 0.6) is 5.75 Å². The van der Waals surface area contributed by atoms with Crippen LogP contribution in [0.25, 0.3) is 0 Å². The van der Waals surface area contributed by atoms with E-state index in [2.05, 4.69) is 26.1 Å². The summed E-state index contributed by atoms with van der Waals surface area (Å²) in [7, 11) is 0. The van der Waals surface area contributed by atoms with Crippen LogP contribution in [0.3, 0.4) is 0 Å². The van der Waals surface area contributed by atoms with Gasteiger partial charge in [-0.25, -0.2) is 4.39 Å². The minimum atomic E-state index is -0.449. The molecule has 0 saturated carbocycles.